The van der Waals surface area contributed by atoms with Crippen molar-refractivity contribution in [2.75, 3.05) is 13.7 Å². The highest BCUT2D eigenvalue weighted by Gasteiger charge is 2.60. The lowest BCUT2D eigenvalue weighted by Gasteiger charge is -2.32. The fourth-order valence-electron chi connectivity index (χ4n) is 5.37. The number of amides is 2. The molecule has 4 rings (SSSR count). The molecule has 3 fully saturated rings. The molecule has 3 aliphatic rings. The molecule has 1 aromatic rings. The average molecular weight is 474 g/mol. The summed E-state index contributed by atoms with van der Waals surface area (Å²) in [6, 6.07) is -2.13. The summed E-state index contributed by atoms with van der Waals surface area (Å²) in [6.45, 7) is 1.66. The van der Waals surface area contributed by atoms with Crippen LogP contribution in [0, 0.1) is 11.7 Å². The Morgan fingerprint density at radius 2 is 1.97 bits per heavy atom. The van der Waals surface area contributed by atoms with Gasteiger partial charge in [0.2, 0.25) is 0 Å². The van der Waals surface area contributed by atoms with Crippen molar-refractivity contribution in [3.63, 3.8) is 0 Å². The van der Waals surface area contributed by atoms with Gasteiger partial charge < -0.3 is 14.8 Å². The first-order chi connectivity index (χ1) is 15.5. The Hall–Kier alpha value is -2.50. The SMILES string of the molecule is COC(=O)N1[C@H](C)C[C@H](NC(=O)C(F)(F)F)[C@@H]1COC1CC[C@@]2(c3ncc(F)cn3)C[C@H]2C1. The number of hydrogen-bond acceptors (Lipinski definition) is 6. The molecule has 2 aliphatic carbocycles. The summed E-state index contributed by atoms with van der Waals surface area (Å²) in [6.07, 6.45) is -0.365. The van der Waals surface area contributed by atoms with Crippen LogP contribution in [0.25, 0.3) is 0 Å². The minimum Gasteiger partial charge on any atom is -0.453 e. The Morgan fingerprint density at radius 1 is 1.27 bits per heavy atom. The van der Waals surface area contributed by atoms with Gasteiger partial charge in [0, 0.05) is 11.5 Å². The third kappa shape index (κ3) is 4.62. The fraction of sp³-hybridized carbons (Fsp3) is 0.714. The number of aromatic nitrogens is 2. The van der Waals surface area contributed by atoms with Gasteiger partial charge in [0.1, 0.15) is 5.82 Å². The second-order valence-electron chi connectivity index (χ2n) is 9.12. The number of alkyl halides is 3. The van der Waals surface area contributed by atoms with Crippen molar-refractivity contribution in [3.8, 4) is 0 Å². The van der Waals surface area contributed by atoms with Gasteiger partial charge in [-0.2, -0.15) is 13.2 Å². The molecule has 1 aromatic heterocycles. The topological polar surface area (TPSA) is 93.7 Å². The van der Waals surface area contributed by atoms with E-state index in [1.807, 2.05) is 5.32 Å². The first-order valence-electron chi connectivity index (χ1n) is 10.9. The molecule has 2 saturated carbocycles. The summed E-state index contributed by atoms with van der Waals surface area (Å²) < 4.78 is 62.4. The summed E-state index contributed by atoms with van der Waals surface area (Å²) in [5.74, 6) is -1.63. The zero-order valence-corrected chi connectivity index (χ0v) is 18.3. The zero-order valence-electron chi connectivity index (χ0n) is 18.3. The van der Waals surface area contributed by atoms with Crippen LogP contribution in [-0.2, 0) is 19.7 Å². The molecule has 2 amide bonds. The monoisotopic (exact) mass is 474 g/mol. The molecule has 1 N–H and O–H groups in total. The van der Waals surface area contributed by atoms with Crippen molar-refractivity contribution in [1.82, 2.24) is 20.2 Å². The number of nitrogens with zero attached hydrogens (tertiary/aromatic N) is 3. The van der Waals surface area contributed by atoms with E-state index < -0.39 is 42.1 Å². The number of likely N-dealkylation sites (tertiary alicyclic amines) is 1. The molecular weight excluding hydrogens is 448 g/mol. The number of carbonyl (C=O) groups excluding carboxylic acids is 2. The molecule has 1 aliphatic heterocycles. The van der Waals surface area contributed by atoms with Crippen LogP contribution < -0.4 is 5.32 Å². The number of ether oxygens (including phenoxy) is 2. The molecule has 0 spiro atoms. The Kier molecular flexibility index (Phi) is 6.23. The molecule has 0 radical (unpaired) electrons. The third-order valence-electron chi connectivity index (χ3n) is 7.11. The van der Waals surface area contributed by atoms with Gasteiger partial charge in [-0.1, -0.05) is 0 Å². The first-order valence-corrected chi connectivity index (χ1v) is 10.9. The summed E-state index contributed by atoms with van der Waals surface area (Å²) >= 11 is 0. The molecule has 1 unspecified atom stereocenters. The van der Waals surface area contributed by atoms with Crippen LogP contribution >= 0.6 is 0 Å². The Balaban J connectivity index is 1.39. The standard InChI is InChI=1S/C21H26F4N4O4/c1-11-5-15(28-18(30)21(23,24)25)16(29(11)19(31)32-2)10-33-14-3-4-20(7-12(20)6-14)17-26-8-13(22)9-27-17/h8-9,11-12,14-16H,3-7,10H2,1-2H3,(H,28,30)/t11-,12-,14?,15+,16+,20-/m1/s1. The molecule has 1 saturated heterocycles. The molecule has 6 atom stereocenters. The lowest BCUT2D eigenvalue weighted by Crippen LogP contribution is -2.52. The fourth-order valence-corrected chi connectivity index (χ4v) is 5.37. The highest BCUT2D eigenvalue weighted by Crippen LogP contribution is 2.61. The van der Waals surface area contributed by atoms with Gasteiger partial charge in [-0.3, -0.25) is 9.69 Å². The quantitative estimate of drug-likeness (QED) is 0.660. The van der Waals surface area contributed by atoms with Crippen molar-refractivity contribution < 1.29 is 36.6 Å². The summed E-state index contributed by atoms with van der Waals surface area (Å²) in [4.78, 5) is 33.4. The number of halogens is 4. The van der Waals surface area contributed by atoms with Gasteiger partial charge in [0.25, 0.3) is 0 Å². The van der Waals surface area contributed by atoms with E-state index in [2.05, 4.69) is 9.97 Å². The van der Waals surface area contributed by atoms with Crippen molar-refractivity contribution in [2.24, 2.45) is 5.92 Å². The number of rotatable bonds is 5. The Morgan fingerprint density at radius 3 is 2.58 bits per heavy atom. The van der Waals surface area contributed by atoms with Crippen LogP contribution in [0.3, 0.4) is 0 Å². The van der Waals surface area contributed by atoms with E-state index >= 15 is 0 Å². The number of fused-ring (bicyclic) bond motifs is 1. The van der Waals surface area contributed by atoms with Crippen molar-refractivity contribution in [3.05, 3.63) is 24.0 Å². The van der Waals surface area contributed by atoms with Crippen LogP contribution in [0.2, 0.25) is 0 Å². The molecule has 2 heterocycles. The molecule has 182 valence electrons. The van der Waals surface area contributed by atoms with E-state index in [1.165, 1.54) is 12.0 Å². The molecule has 33 heavy (non-hydrogen) atoms. The van der Waals surface area contributed by atoms with Crippen molar-refractivity contribution >= 4 is 12.0 Å². The third-order valence-corrected chi connectivity index (χ3v) is 7.11. The maximum absolute atomic E-state index is 13.1. The Bertz CT molecular complexity index is 899. The average Bonchev–Trinajstić information content (AvgIpc) is 3.42. The van der Waals surface area contributed by atoms with Crippen LogP contribution in [-0.4, -0.2) is 71.0 Å². The minimum atomic E-state index is -5.02. The lowest BCUT2D eigenvalue weighted by atomic mass is 9.86. The molecule has 0 aromatic carbocycles. The van der Waals surface area contributed by atoms with Crippen LogP contribution in [0.4, 0.5) is 22.4 Å². The van der Waals surface area contributed by atoms with E-state index in [-0.39, 0.29) is 30.5 Å². The van der Waals surface area contributed by atoms with E-state index in [1.54, 1.807) is 6.92 Å². The predicted molar refractivity (Wildman–Crippen MR) is 105 cm³/mol. The second kappa shape index (κ2) is 8.69. The molecular formula is C21H26F4N4O4. The summed E-state index contributed by atoms with van der Waals surface area (Å²) in [7, 11) is 1.19. The van der Waals surface area contributed by atoms with Crippen LogP contribution in [0.1, 0.15) is 44.9 Å². The minimum absolute atomic E-state index is 0.0281. The first kappa shape index (κ1) is 23.7. The lowest BCUT2D eigenvalue weighted by molar-refractivity contribution is -0.174. The Labute approximate surface area is 188 Å². The number of methoxy groups -OCH3 is 1. The zero-order chi connectivity index (χ0) is 24.0. The van der Waals surface area contributed by atoms with Gasteiger partial charge in [-0.15, -0.1) is 0 Å². The van der Waals surface area contributed by atoms with E-state index in [0.717, 1.165) is 25.2 Å². The van der Waals surface area contributed by atoms with Crippen LogP contribution in [0.15, 0.2) is 12.4 Å². The number of nitrogens with one attached hydrogen (secondary N) is 1. The van der Waals surface area contributed by atoms with Crippen LogP contribution in [0.5, 0.6) is 0 Å². The molecule has 8 nitrogen and oxygen atoms in total. The van der Waals surface area contributed by atoms with E-state index in [9.17, 15) is 27.2 Å². The maximum Gasteiger partial charge on any atom is 0.471 e. The normalized spacial score (nSPS) is 33.4. The molecule has 0 bridgehead atoms. The van der Waals surface area contributed by atoms with Gasteiger partial charge in [-0.05, 0) is 44.9 Å². The second-order valence-corrected chi connectivity index (χ2v) is 9.12. The number of carbonyl (C=O) groups is 2. The number of hydrogen-bond donors (Lipinski definition) is 1. The van der Waals surface area contributed by atoms with Crippen molar-refractivity contribution in [2.45, 2.75) is 74.8 Å². The largest absolute Gasteiger partial charge is 0.471 e. The van der Waals surface area contributed by atoms with Gasteiger partial charge in [0.15, 0.2) is 5.82 Å². The summed E-state index contributed by atoms with van der Waals surface area (Å²) in [5.41, 5.74) is -0.170. The highest BCUT2D eigenvalue weighted by molar-refractivity contribution is 5.82. The van der Waals surface area contributed by atoms with Gasteiger partial charge >= 0.3 is 18.2 Å². The van der Waals surface area contributed by atoms with Crippen molar-refractivity contribution in [1.29, 1.82) is 0 Å². The predicted octanol–water partition coefficient (Wildman–Crippen LogP) is 2.72. The highest BCUT2D eigenvalue weighted by atomic mass is 19.4. The smallest absolute Gasteiger partial charge is 0.453 e. The van der Waals surface area contributed by atoms with Gasteiger partial charge in [0.05, 0.1) is 44.3 Å². The maximum atomic E-state index is 13.1. The van der Waals surface area contributed by atoms with E-state index in [0.29, 0.717) is 18.7 Å². The van der Waals surface area contributed by atoms with E-state index in [4.69, 9.17) is 9.47 Å². The molecule has 12 heteroatoms. The summed E-state index contributed by atoms with van der Waals surface area (Å²) in [5, 5.41) is 2.00. The van der Waals surface area contributed by atoms with Gasteiger partial charge in [-0.25, -0.2) is 19.2 Å².